The maximum absolute atomic E-state index is 11.4. The molecule has 0 aromatic carbocycles. The number of unbranched alkanes of at least 4 members (excludes halogenated alkanes) is 1. The minimum absolute atomic E-state index is 0.0389. The van der Waals surface area contributed by atoms with E-state index in [9.17, 15) is 13.2 Å². The van der Waals surface area contributed by atoms with Crippen LogP contribution in [-0.4, -0.2) is 43.1 Å². The molecule has 0 heterocycles. The molecule has 0 radical (unpaired) electrons. The quantitative estimate of drug-likeness (QED) is 0.495. The lowest BCUT2D eigenvalue weighted by Gasteiger charge is -2.13. The first kappa shape index (κ1) is 13.1. The van der Waals surface area contributed by atoms with Crippen molar-refractivity contribution in [3.05, 3.63) is 12.7 Å². The van der Waals surface area contributed by atoms with E-state index in [2.05, 4.69) is 6.58 Å². The van der Waals surface area contributed by atoms with Crippen molar-refractivity contribution < 1.29 is 18.3 Å². The van der Waals surface area contributed by atoms with Gasteiger partial charge in [0.2, 0.25) is 10.0 Å². The Hall–Kier alpha value is -0.880. The van der Waals surface area contributed by atoms with Gasteiger partial charge in [0.25, 0.3) is 0 Å². The van der Waals surface area contributed by atoms with E-state index >= 15 is 0 Å². The van der Waals surface area contributed by atoms with Gasteiger partial charge in [0.1, 0.15) is 6.54 Å². The molecule has 0 spiro atoms. The summed E-state index contributed by atoms with van der Waals surface area (Å²) in [5.41, 5.74) is 0. The smallest absolute Gasteiger partial charge is 0.318 e. The number of carboxylic acids is 1. The van der Waals surface area contributed by atoms with E-state index in [1.54, 1.807) is 6.08 Å². The van der Waals surface area contributed by atoms with Crippen LogP contribution in [0.2, 0.25) is 0 Å². The van der Waals surface area contributed by atoms with Gasteiger partial charge < -0.3 is 5.11 Å². The van der Waals surface area contributed by atoms with Crippen LogP contribution in [0.5, 0.6) is 0 Å². The van der Waals surface area contributed by atoms with Gasteiger partial charge in [-0.05, 0) is 12.8 Å². The van der Waals surface area contributed by atoms with Gasteiger partial charge in [-0.1, -0.05) is 6.08 Å². The van der Waals surface area contributed by atoms with E-state index in [0.29, 0.717) is 12.8 Å². The molecule has 82 valence electrons. The van der Waals surface area contributed by atoms with Crippen LogP contribution in [0.3, 0.4) is 0 Å². The Morgan fingerprint density at radius 1 is 1.57 bits per heavy atom. The predicted octanol–water partition coefficient (Wildman–Crippen LogP) is 0.299. The number of sulfonamides is 1. The number of nitrogens with zero attached hydrogens (tertiary/aromatic N) is 1. The average Bonchev–Trinajstić information content (AvgIpc) is 2.03. The molecule has 0 aliphatic carbocycles. The van der Waals surface area contributed by atoms with Crippen molar-refractivity contribution in [1.29, 1.82) is 0 Å². The van der Waals surface area contributed by atoms with E-state index in [4.69, 9.17) is 5.11 Å². The highest BCUT2D eigenvalue weighted by Gasteiger charge is 2.19. The maximum Gasteiger partial charge on any atom is 0.318 e. The Bertz CT molecular complexity index is 296. The lowest BCUT2D eigenvalue weighted by Crippen LogP contribution is -2.33. The molecule has 0 aliphatic heterocycles. The molecule has 1 N–H and O–H groups in total. The Balaban J connectivity index is 4.16. The first-order chi connectivity index (χ1) is 6.40. The summed E-state index contributed by atoms with van der Waals surface area (Å²) in [5.74, 6) is -1.19. The highest BCUT2D eigenvalue weighted by Crippen LogP contribution is 2.02. The zero-order valence-electron chi connectivity index (χ0n) is 8.14. The molecular formula is C8H15NO4S. The molecule has 0 amide bonds. The van der Waals surface area contributed by atoms with Gasteiger partial charge in [0.15, 0.2) is 0 Å². The highest BCUT2D eigenvalue weighted by atomic mass is 32.2. The van der Waals surface area contributed by atoms with E-state index in [0.717, 1.165) is 4.31 Å². The van der Waals surface area contributed by atoms with Crippen LogP contribution >= 0.6 is 0 Å². The number of carbonyl (C=O) groups is 1. The molecule has 0 unspecified atom stereocenters. The highest BCUT2D eigenvalue weighted by molar-refractivity contribution is 7.89. The fraction of sp³-hybridized carbons (Fsp3) is 0.625. The molecular weight excluding hydrogens is 206 g/mol. The van der Waals surface area contributed by atoms with Crippen molar-refractivity contribution >= 4 is 16.0 Å². The molecule has 14 heavy (non-hydrogen) atoms. The van der Waals surface area contributed by atoms with Crippen molar-refractivity contribution in [1.82, 2.24) is 4.31 Å². The predicted molar refractivity (Wildman–Crippen MR) is 53.5 cm³/mol. The van der Waals surface area contributed by atoms with Crippen LogP contribution in [-0.2, 0) is 14.8 Å². The summed E-state index contributed by atoms with van der Waals surface area (Å²) in [6, 6.07) is 0. The van der Waals surface area contributed by atoms with Crippen molar-refractivity contribution in [2.75, 3.05) is 19.3 Å². The fourth-order valence-electron chi connectivity index (χ4n) is 0.855. The van der Waals surface area contributed by atoms with E-state index < -0.39 is 22.5 Å². The SMILES string of the molecule is C=CCCCS(=O)(=O)N(C)CC(=O)O. The lowest BCUT2D eigenvalue weighted by atomic mass is 10.3. The normalized spacial score (nSPS) is 11.6. The van der Waals surface area contributed by atoms with Gasteiger partial charge in [-0.3, -0.25) is 4.79 Å². The van der Waals surface area contributed by atoms with Crippen molar-refractivity contribution in [2.45, 2.75) is 12.8 Å². The molecule has 0 fully saturated rings. The minimum atomic E-state index is -3.42. The summed E-state index contributed by atoms with van der Waals surface area (Å²) in [5, 5.41) is 8.40. The summed E-state index contributed by atoms with van der Waals surface area (Å²) in [7, 11) is -2.16. The van der Waals surface area contributed by atoms with Crippen LogP contribution in [0.4, 0.5) is 0 Å². The van der Waals surface area contributed by atoms with E-state index in [-0.39, 0.29) is 5.75 Å². The van der Waals surface area contributed by atoms with Crippen molar-refractivity contribution in [3.8, 4) is 0 Å². The molecule has 0 saturated heterocycles. The van der Waals surface area contributed by atoms with Gasteiger partial charge >= 0.3 is 5.97 Å². The van der Waals surface area contributed by atoms with Gasteiger partial charge in [0, 0.05) is 7.05 Å². The molecule has 0 bridgehead atoms. The lowest BCUT2D eigenvalue weighted by molar-refractivity contribution is -0.137. The number of likely N-dealkylation sites (N-methyl/N-ethyl adjacent to an activating group) is 1. The molecule has 0 aromatic heterocycles. The standard InChI is InChI=1S/C8H15NO4S/c1-3-4-5-6-14(12,13)9(2)7-8(10)11/h3H,1,4-7H2,2H3,(H,10,11). The number of rotatable bonds is 7. The Kier molecular flexibility index (Phi) is 5.40. The summed E-state index contributed by atoms with van der Waals surface area (Å²) >= 11 is 0. The van der Waals surface area contributed by atoms with Gasteiger partial charge in [-0.15, -0.1) is 6.58 Å². The summed E-state index contributed by atoms with van der Waals surface area (Å²) in [4.78, 5) is 10.3. The zero-order chi connectivity index (χ0) is 11.2. The second kappa shape index (κ2) is 5.77. The largest absolute Gasteiger partial charge is 0.480 e. The Morgan fingerprint density at radius 2 is 2.14 bits per heavy atom. The maximum atomic E-state index is 11.4. The summed E-state index contributed by atoms with van der Waals surface area (Å²) < 4.78 is 23.6. The van der Waals surface area contributed by atoms with Crippen molar-refractivity contribution in [3.63, 3.8) is 0 Å². The van der Waals surface area contributed by atoms with Gasteiger partial charge in [-0.2, -0.15) is 4.31 Å². The van der Waals surface area contributed by atoms with Crippen LogP contribution in [0, 0.1) is 0 Å². The van der Waals surface area contributed by atoms with Crippen LogP contribution in [0.15, 0.2) is 12.7 Å². The van der Waals surface area contributed by atoms with E-state index in [1.165, 1.54) is 7.05 Å². The molecule has 0 rings (SSSR count). The number of hydrogen-bond donors (Lipinski definition) is 1. The third-order valence-electron chi connectivity index (χ3n) is 1.64. The third-order valence-corrected chi connectivity index (χ3v) is 3.53. The first-order valence-electron chi connectivity index (χ1n) is 4.17. The monoisotopic (exact) mass is 221 g/mol. The van der Waals surface area contributed by atoms with Crippen LogP contribution < -0.4 is 0 Å². The minimum Gasteiger partial charge on any atom is -0.480 e. The number of allylic oxidation sites excluding steroid dienone is 1. The third kappa shape index (κ3) is 4.98. The topological polar surface area (TPSA) is 74.7 Å². The second-order valence-electron chi connectivity index (χ2n) is 2.90. The summed E-state index contributed by atoms with van der Waals surface area (Å²) in [6.45, 7) is 2.98. The van der Waals surface area contributed by atoms with Crippen LogP contribution in [0.25, 0.3) is 0 Å². The molecule has 0 aromatic rings. The van der Waals surface area contributed by atoms with E-state index in [1.807, 2.05) is 0 Å². The Morgan fingerprint density at radius 3 is 2.57 bits per heavy atom. The molecule has 0 atom stereocenters. The molecule has 0 saturated carbocycles. The zero-order valence-corrected chi connectivity index (χ0v) is 8.96. The molecule has 6 heteroatoms. The number of hydrogen-bond acceptors (Lipinski definition) is 3. The number of carboxylic acid groups (broad SMARTS) is 1. The van der Waals surface area contributed by atoms with Crippen molar-refractivity contribution in [2.24, 2.45) is 0 Å². The fourth-order valence-corrected chi connectivity index (χ4v) is 2.01. The second-order valence-corrected chi connectivity index (χ2v) is 5.09. The van der Waals surface area contributed by atoms with Gasteiger partial charge in [-0.25, -0.2) is 8.42 Å². The van der Waals surface area contributed by atoms with Gasteiger partial charge in [0.05, 0.1) is 5.75 Å². The average molecular weight is 221 g/mol. The molecule has 5 nitrogen and oxygen atoms in total. The molecule has 0 aliphatic rings. The first-order valence-corrected chi connectivity index (χ1v) is 5.77. The Labute approximate surface area is 84.1 Å². The number of aliphatic carboxylic acids is 1. The van der Waals surface area contributed by atoms with Crippen LogP contribution in [0.1, 0.15) is 12.8 Å². The summed E-state index contributed by atoms with van der Waals surface area (Å²) in [6.07, 6.45) is 2.71.